The zero-order valence-electron chi connectivity index (χ0n) is 12.3. The number of carbonyl (C=O) groups excluding carboxylic acids is 1. The first kappa shape index (κ1) is 15.0. The maximum Gasteiger partial charge on any atom is 0.226 e. The molecule has 1 unspecified atom stereocenters. The van der Waals surface area contributed by atoms with Crippen molar-refractivity contribution >= 4 is 5.91 Å². The van der Waals surface area contributed by atoms with Crippen LogP contribution in [0, 0.1) is 5.92 Å². The summed E-state index contributed by atoms with van der Waals surface area (Å²) < 4.78 is 0. The molecule has 0 aliphatic carbocycles. The van der Waals surface area contributed by atoms with Crippen molar-refractivity contribution in [3.63, 3.8) is 0 Å². The van der Waals surface area contributed by atoms with Gasteiger partial charge in [-0.15, -0.1) is 0 Å². The fraction of sp³-hybridized carbons (Fsp3) is 0.562. The van der Waals surface area contributed by atoms with Crippen LogP contribution >= 0.6 is 0 Å². The monoisotopic (exact) mass is 275 g/mol. The number of hydrogen-bond donors (Lipinski definition) is 1. The molecular weight excluding hydrogens is 250 g/mol. The molecule has 0 aromatic heterocycles. The van der Waals surface area contributed by atoms with E-state index in [4.69, 9.17) is 5.73 Å². The number of nitrogens with two attached hydrogens (primary N) is 1. The minimum absolute atomic E-state index is 0.0596. The molecule has 4 nitrogen and oxygen atoms in total. The van der Waals surface area contributed by atoms with Crippen LogP contribution in [0.2, 0.25) is 0 Å². The standard InChI is InChI=1S/C16H25N3O/c1-14(12-17)16(20)19-9-5-8-18(10-11-19)13-15-6-3-2-4-7-15/h2-4,6-7,14H,5,8-13,17H2,1H3. The van der Waals surface area contributed by atoms with Crippen molar-refractivity contribution < 1.29 is 4.79 Å². The van der Waals surface area contributed by atoms with E-state index in [0.717, 1.165) is 39.1 Å². The summed E-state index contributed by atoms with van der Waals surface area (Å²) in [7, 11) is 0. The highest BCUT2D eigenvalue weighted by Gasteiger charge is 2.22. The zero-order chi connectivity index (χ0) is 14.4. The first-order chi connectivity index (χ1) is 9.70. The van der Waals surface area contributed by atoms with Gasteiger partial charge in [-0.25, -0.2) is 0 Å². The van der Waals surface area contributed by atoms with Gasteiger partial charge in [0, 0.05) is 45.2 Å². The second-order valence-electron chi connectivity index (χ2n) is 5.58. The summed E-state index contributed by atoms with van der Waals surface area (Å²) in [5.41, 5.74) is 6.93. The number of hydrogen-bond acceptors (Lipinski definition) is 3. The predicted octanol–water partition coefficient (Wildman–Crippen LogP) is 1.32. The van der Waals surface area contributed by atoms with E-state index in [1.807, 2.05) is 17.9 Å². The Morgan fingerprint density at radius 3 is 2.65 bits per heavy atom. The van der Waals surface area contributed by atoms with Gasteiger partial charge in [-0.2, -0.15) is 0 Å². The molecular formula is C16H25N3O. The van der Waals surface area contributed by atoms with Crippen molar-refractivity contribution in [1.29, 1.82) is 0 Å². The van der Waals surface area contributed by atoms with E-state index >= 15 is 0 Å². The highest BCUT2D eigenvalue weighted by molar-refractivity contribution is 5.78. The van der Waals surface area contributed by atoms with E-state index in [1.165, 1.54) is 5.56 Å². The van der Waals surface area contributed by atoms with E-state index < -0.39 is 0 Å². The van der Waals surface area contributed by atoms with Gasteiger partial charge in [0.25, 0.3) is 0 Å². The Balaban J connectivity index is 1.87. The van der Waals surface area contributed by atoms with Crippen LogP contribution in [0.4, 0.5) is 0 Å². The van der Waals surface area contributed by atoms with E-state index in [0.29, 0.717) is 6.54 Å². The lowest BCUT2D eigenvalue weighted by Gasteiger charge is -2.24. The molecule has 1 amide bonds. The molecule has 0 bridgehead atoms. The van der Waals surface area contributed by atoms with Crippen molar-refractivity contribution in [3.05, 3.63) is 35.9 Å². The average Bonchev–Trinajstić information content (AvgIpc) is 2.72. The molecule has 1 heterocycles. The molecule has 1 aromatic rings. The molecule has 2 N–H and O–H groups in total. The molecule has 1 fully saturated rings. The lowest BCUT2D eigenvalue weighted by molar-refractivity contribution is -0.134. The van der Waals surface area contributed by atoms with Crippen LogP contribution in [0.5, 0.6) is 0 Å². The normalized spacial score (nSPS) is 18.6. The summed E-state index contributed by atoms with van der Waals surface area (Å²) in [5.74, 6) is 0.143. The zero-order valence-corrected chi connectivity index (χ0v) is 12.3. The Kier molecular flexibility index (Phi) is 5.56. The summed E-state index contributed by atoms with van der Waals surface area (Å²) in [6.45, 7) is 6.98. The van der Waals surface area contributed by atoms with Crippen molar-refractivity contribution in [2.24, 2.45) is 11.7 Å². The topological polar surface area (TPSA) is 49.6 Å². The largest absolute Gasteiger partial charge is 0.341 e. The fourth-order valence-corrected chi connectivity index (χ4v) is 2.60. The molecule has 20 heavy (non-hydrogen) atoms. The predicted molar refractivity (Wildman–Crippen MR) is 81.1 cm³/mol. The number of amides is 1. The van der Waals surface area contributed by atoms with Crippen LogP contribution in [0.25, 0.3) is 0 Å². The maximum absolute atomic E-state index is 12.2. The molecule has 0 spiro atoms. The van der Waals surface area contributed by atoms with Gasteiger partial charge < -0.3 is 10.6 Å². The molecule has 1 aromatic carbocycles. The lowest BCUT2D eigenvalue weighted by atomic mass is 10.1. The number of benzene rings is 1. The molecule has 0 radical (unpaired) electrons. The van der Waals surface area contributed by atoms with Gasteiger partial charge >= 0.3 is 0 Å². The molecule has 0 saturated carbocycles. The maximum atomic E-state index is 12.2. The van der Waals surface area contributed by atoms with Crippen molar-refractivity contribution in [2.75, 3.05) is 32.7 Å². The molecule has 1 aliphatic rings. The highest BCUT2D eigenvalue weighted by Crippen LogP contribution is 2.11. The third-order valence-electron chi connectivity index (χ3n) is 3.92. The SMILES string of the molecule is CC(CN)C(=O)N1CCCN(Cc2ccccc2)CC1. The van der Waals surface area contributed by atoms with Gasteiger partial charge in [-0.05, 0) is 12.0 Å². The fourth-order valence-electron chi connectivity index (χ4n) is 2.60. The Morgan fingerprint density at radius 1 is 1.20 bits per heavy atom. The first-order valence-corrected chi connectivity index (χ1v) is 7.46. The second-order valence-corrected chi connectivity index (χ2v) is 5.58. The van der Waals surface area contributed by atoms with Gasteiger partial charge in [-0.3, -0.25) is 9.69 Å². The van der Waals surface area contributed by atoms with E-state index in [9.17, 15) is 4.79 Å². The lowest BCUT2D eigenvalue weighted by Crippen LogP contribution is -2.40. The van der Waals surface area contributed by atoms with Gasteiger partial charge in [-0.1, -0.05) is 37.3 Å². The van der Waals surface area contributed by atoms with E-state index in [-0.39, 0.29) is 11.8 Å². The second kappa shape index (κ2) is 7.41. The summed E-state index contributed by atoms with van der Waals surface area (Å²) >= 11 is 0. The number of carbonyl (C=O) groups is 1. The van der Waals surface area contributed by atoms with Crippen molar-refractivity contribution in [2.45, 2.75) is 19.9 Å². The number of rotatable bonds is 4. The molecule has 4 heteroatoms. The molecule has 1 saturated heterocycles. The van der Waals surface area contributed by atoms with Crippen molar-refractivity contribution in [3.8, 4) is 0 Å². The third-order valence-corrected chi connectivity index (χ3v) is 3.92. The molecule has 110 valence electrons. The van der Waals surface area contributed by atoms with Gasteiger partial charge in [0.2, 0.25) is 5.91 Å². The van der Waals surface area contributed by atoms with E-state index in [2.05, 4.69) is 29.2 Å². The van der Waals surface area contributed by atoms with Crippen LogP contribution in [0.15, 0.2) is 30.3 Å². The minimum Gasteiger partial charge on any atom is -0.341 e. The van der Waals surface area contributed by atoms with E-state index in [1.54, 1.807) is 0 Å². The van der Waals surface area contributed by atoms with Gasteiger partial charge in [0.05, 0.1) is 0 Å². The summed E-state index contributed by atoms with van der Waals surface area (Å²) in [5, 5.41) is 0. The quantitative estimate of drug-likeness (QED) is 0.901. The molecule has 1 atom stereocenters. The molecule has 1 aliphatic heterocycles. The van der Waals surface area contributed by atoms with Crippen LogP contribution in [0.1, 0.15) is 18.9 Å². The number of nitrogens with zero attached hydrogens (tertiary/aromatic N) is 2. The smallest absolute Gasteiger partial charge is 0.226 e. The van der Waals surface area contributed by atoms with Crippen LogP contribution in [-0.4, -0.2) is 48.4 Å². The third kappa shape index (κ3) is 4.05. The van der Waals surface area contributed by atoms with Crippen molar-refractivity contribution in [1.82, 2.24) is 9.80 Å². The Hall–Kier alpha value is -1.39. The minimum atomic E-state index is -0.0596. The Bertz CT molecular complexity index is 421. The van der Waals surface area contributed by atoms with Gasteiger partial charge in [0.1, 0.15) is 0 Å². The average molecular weight is 275 g/mol. The molecule has 2 rings (SSSR count). The van der Waals surface area contributed by atoms with Crippen LogP contribution < -0.4 is 5.73 Å². The Labute approximate surface area is 121 Å². The summed E-state index contributed by atoms with van der Waals surface area (Å²) in [6.07, 6.45) is 1.04. The summed E-state index contributed by atoms with van der Waals surface area (Å²) in [6, 6.07) is 10.5. The first-order valence-electron chi connectivity index (χ1n) is 7.46. The Morgan fingerprint density at radius 2 is 1.95 bits per heavy atom. The van der Waals surface area contributed by atoms with Gasteiger partial charge in [0.15, 0.2) is 0 Å². The highest BCUT2D eigenvalue weighted by atomic mass is 16.2. The van der Waals surface area contributed by atoms with Crippen LogP contribution in [0.3, 0.4) is 0 Å². The summed E-state index contributed by atoms with van der Waals surface area (Å²) in [4.78, 5) is 16.6. The van der Waals surface area contributed by atoms with Crippen LogP contribution in [-0.2, 0) is 11.3 Å².